The van der Waals surface area contributed by atoms with Crippen LogP contribution in [0.5, 0.6) is 0 Å². The fourth-order valence-electron chi connectivity index (χ4n) is 2.19. The second-order valence-electron chi connectivity index (χ2n) is 4.57. The van der Waals surface area contributed by atoms with E-state index in [1.807, 2.05) is 0 Å². The van der Waals surface area contributed by atoms with Crippen LogP contribution in [0, 0.1) is 18.6 Å². The van der Waals surface area contributed by atoms with Crippen LogP contribution in [0.3, 0.4) is 0 Å². The highest BCUT2D eigenvalue weighted by atomic mass is 19.1. The van der Waals surface area contributed by atoms with Crippen LogP contribution < -0.4 is 5.43 Å². The van der Waals surface area contributed by atoms with Crippen molar-refractivity contribution in [3.05, 3.63) is 45.2 Å². The molecule has 112 valence electrons. The van der Waals surface area contributed by atoms with Gasteiger partial charge in [-0.25, -0.2) is 13.6 Å². The van der Waals surface area contributed by atoms with Gasteiger partial charge in [-0.2, -0.15) is 0 Å². The van der Waals surface area contributed by atoms with Gasteiger partial charge in [0.2, 0.25) is 5.43 Å². The van der Waals surface area contributed by atoms with E-state index in [1.165, 1.54) is 17.7 Å². The first kappa shape index (κ1) is 15.2. The average molecular weight is 295 g/mol. The molecule has 1 heterocycles. The molecule has 1 aromatic heterocycles. The normalized spacial score (nSPS) is 10.9. The Hall–Kier alpha value is -2.24. The Kier molecular flexibility index (Phi) is 4.06. The van der Waals surface area contributed by atoms with Crippen molar-refractivity contribution in [1.82, 2.24) is 4.57 Å². The fraction of sp³-hybridized carbons (Fsp3) is 0.333. The summed E-state index contributed by atoms with van der Waals surface area (Å²) in [6.45, 7) is 5.08. The summed E-state index contributed by atoms with van der Waals surface area (Å²) in [5, 5.41) is -0.164. The molecule has 0 aliphatic carbocycles. The van der Waals surface area contributed by atoms with Gasteiger partial charge in [0.1, 0.15) is 11.4 Å². The van der Waals surface area contributed by atoms with Crippen molar-refractivity contribution in [2.75, 3.05) is 6.61 Å². The second kappa shape index (κ2) is 5.63. The van der Waals surface area contributed by atoms with Crippen LogP contribution in [-0.2, 0) is 11.3 Å². The Morgan fingerprint density at radius 1 is 1.33 bits per heavy atom. The Labute approximate surface area is 120 Å². The highest BCUT2D eigenvalue weighted by molar-refractivity contribution is 5.94. The number of esters is 1. The molecule has 0 bridgehead atoms. The first-order valence-electron chi connectivity index (χ1n) is 6.61. The Morgan fingerprint density at radius 3 is 2.57 bits per heavy atom. The zero-order valence-electron chi connectivity index (χ0n) is 12.0. The summed E-state index contributed by atoms with van der Waals surface area (Å²) in [5.41, 5.74) is -1.12. The summed E-state index contributed by atoms with van der Waals surface area (Å²) >= 11 is 0. The van der Waals surface area contributed by atoms with E-state index in [0.29, 0.717) is 6.54 Å². The van der Waals surface area contributed by atoms with Crippen LogP contribution in [0.4, 0.5) is 8.78 Å². The molecule has 21 heavy (non-hydrogen) atoms. The number of hydrogen-bond acceptors (Lipinski definition) is 3. The minimum atomic E-state index is -0.819. The SMILES string of the molecule is CCOC(=O)c1cn(CC)c2c(F)c(C)c(F)cc2c1=O. The summed E-state index contributed by atoms with van der Waals surface area (Å²) in [5.74, 6) is -2.41. The minimum Gasteiger partial charge on any atom is -0.462 e. The standard InChI is InChI=1S/C15H15F2NO3/c1-4-18-7-10(15(20)21-5-2)14(19)9-6-11(16)8(3)12(17)13(9)18/h6-7H,4-5H2,1-3H3. The molecule has 0 saturated carbocycles. The third-order valence-corrected chi connectivity index (χ3v) is 3.32. The molecule has 6 heteroatoms. The van der Waals surface area contributed by atoms with Crippen LogP contribution in [0.2, 0.25) is 0 Å². The molecule has 0 spiro atoms. The van der Waals surface area contributed by atoms with E-state index in [-0.39, 0.29) is 28.6 Å². The fourth-order valence-corrected chi connectivity index (χ4v) is 2.19. The topological polar surface area (TPSA) is 48.3 Å². The first-order chi connectivity index (χ1) is 9.92. The maximum absolute atomic E-state index is 14.3. The molecule has 0 atom stereocenters. The van der Waals surface area contributed by atoms with Crippen molar-refractivity contribution in [2.45, 2.75) is 27.3 Å². The van der Waals surface area contributed by atoms with Gasteiger partial charge in [0, 0.05) is 18.3 Å². The lowest BCUT2D eigenvalue weighted by molar-refractivity contribution is 0.0524. The summed E-state index contributed by atoms with van der Waals surface area (Å²) < 4.78 is 34.2. The summed E-state index contributed by atoms with van der Waals surface area (Å²) in [4.78, 5) is 24.1. The Bertz CT molecular complexity index is 781. The number of carbonyl (C=O) groups is 1. The zero-order valence-corrected chi connectivity index (χ0v) is 12.0. The third-order valence-electron chi connectivity index (χ3n) is 3.32. The van der Waals surface area contributed by atoms with Crippen LogP contribution in [0.1, 0.15) is 29.8 Å². The number of ether oxygens (including phenoxy) is 1. The second-order valence-corrected chi connectivity index (χ2v) is 4.57. The van der Waals surface area contributed by atoms with Crippen molar-refractivity contribution in [3.8, 4) is 0 Å². The number of pyridine rings is 1. The number of benzene rings is 1. The lowest BCUT2D eigenvalue weighted by atomic mass is 10.1. The highest BCUT2D eigenvalue weighted by Crippen LogP contribution is 2.22. The van der Waals surface area contributed by atoms with E-state index in [2.05, 4.69) is 0 Å². The molecule has 0 fully saturated rings. The molecule has 0 radical (unpaired) electrons. The average Bonchev–Trinajstić information content (AvgIpc) is 2.46. The minimum absolute atomic E-state index is 0.00514. The maximum atomic E-state index is 14.3. The molecule has 0 aliphatic heterocycles. The number of halogens is 2. The number of nitrogens with zero attached hydrogens (tertiary/aromatic N) is 1. The molecule has 1 aromatic carbocycles. The lowest BCUT2D eigenvalue weighted by Gasteiger charge is -2.13. The molecule has 0 unspecified atom stereocenters. The predicted octanol–water partition coefficient (Wildman–Crippen LogP) is 2.78. The number of rotatable bonds is 3. The highest BCUT2D eigenvalue weighted by Gasteiger charge is 2.20. The lowest BCUT2D eigenvalue weighted by Crippen LogP contribution is -2.21. The molecular formula is C15H15F2NO3. The van der Waals surface area contributed by atoms with Crippen molar-refractivity contribution < 1.29 is 18.3 Å². The quantitative estimate of drug-likeness (QED) is 0.818. The van der Waals surface area contributed by atoms with Crippen LogP contribution in [0.15, 0.2) is 17.1 Å². The molecule has 0 N–H and O–H groups in total. The van der Waals surface area contributed by atoms with Crippen molar-refractivity contribution in [2.24, 2.45) is 0 Å². The van der Waals surface area contributed by atoms with Crippen LogP contribution >= 0.6 is 0 Å². The van der Waals surface area contributed by atoms with Gasteiger partial charge in [0.15, 0.2) is 5.82 Å². The molecule has 0 aliphatic rings. The number of fused-ring (bicyclic) bond motifs is 1. The van der Waals surface area contributed by atoms with Gasteiger partial charge in [0.05, 0.1) is 17.5 Å². The van der Waals surface area contributed by atoms with Crippen molar-refractivity contribution in [3.63, 3.8) is 0 Å². The van der Waals surface area contributed by atoms with E-state index in [4.69, 9.17) is 4.74 Å². The van der Waals surface area contributed by atoms with Gasteiger partial charge in [0.25, 0.3) is 0 Å². The van der Waals surface area contributed by atoms with E-state index in [1.54, 1.807) is 13.8 Å². The maximum Gasteiger partial charge on any atom is 0.343 e. The van der Waals surface area contributed by atoms with E-state index < -0.39 is 23.0 Å². The molecule has 4 nitrogen and oxygen atoms in total. The predicted molar refractivity (Wildman–Crippen MR) is 74.5 cm³/mol. The number of hydrogen-bond donors (Lipinski definition) is 0. The molecule has 0 saturated heterocycles. The van der Waals surface area contributed by atoms with Gasteiger partial charge in [-0.3, -0.25) is 4.79 Å². The van der Waals surface area contributed by atoms with E-state index in [9.17, 15) is 18.4 Å². The number of aromatic nitrogens is 1. The zero-order chi connectivity index (χ0) is 15.7. The largest absolute Gasteiger partial charge is 0.462 e. The molecular weight excluding hydrogens is 280 g/mol. The summed E-state index contributed by atoms with van der Waals surface area (Å²) in [7, 11) is 0. The molecule has 0 amide bonds. The Morgan fingerprint density at radius 2 is 2.00 bits per heavy atom. The smallest absolute Gasteiger partial charge is 0.343 e. The van der Waals surface area contributed by atoms with Gasteiger partial charge < -0.3 is 9.30 Å². The molecule has 2 rings (SSSR count). The van der Waals surface area contributed by atoms with Gasteiger partial charge in [-0.1, -0.05) is 0 Å². The van der Waals surface area contributed by atoms with Gasteiger partial charge >= 0.3 is 5.97 Å². The Balaban J connectivity index is 2.90. The van der Waals surface area contributed by atoms with Gasteiger partial charge in [-0.15, -0.1) is 0 Å². The van der Waals surface area contributed by atoms with E-state index >= 15 is 0 Å². The van der Waals surface area contributed by atoms with Crippen molar-refractivity contribution in [1.29, 1.82) is 0 Å². The third kappa shape index (κ3) is 2.41. The van der Waals surface area contributed by atoms with E-state index in [0.717, 1.165) is 6.07 Å². The number of carbonyl (C=O) groups excluding carboxylic acids is 1. The van der Waals surface area contributed by atoms with Gasteiger partial charge in [-0.05, 0) is 26.8 Å². The first-order valence-corrected chi connectivity index (χ1v) is 6.61. The van der Waals surface area contributed by atoms with Crippen LogP contribution in [-0.4, -0.2) is 17.1 Å². The number of aryl methyl sites for hydroxylation is 1. The van der Waals surface area contributed by atoms with Crippen LogP contribution in [0.25, 0.3) is 10.9 Å². The van der Waals surface area contributed by atoms with Crippen molar-refractivity contribution >= 4 is 16.9 Å². The summed E-state index contributed by atoms with van der Waals surface area (Å²) in [6.07, 6.45) is 1.25. The monoisotopic (exact) mass is 295 g/mol. The molecule has 2 aromatic rings. The summed E-state index contributed by atoms with van der Waals surface area (Å²) in [6, 6.07) is 0.963.